The number of carbonyl (C=O) groups is 6. The van der Waals surface area contributed by atoms with Crippen LogP contribution >= 0.6 is 0 Å². The summed E-state index contributed by atoms with van der Waals surface area (Å²) in [7, 11) is 0. The lowest BCUT2D eigenvalue weighted by Gasteiger charge is -2.25. The smallest absolute Gasteiger partial charge is 0.326 e. The Balaban J connectivity index is 3.02. The molecule has 4 amide bonds. The first kappa shape index (κ1) is 32.8. The molecule has 0 aliphatic rings. The molecule has 216 valence electrons. The maximum absolute atomic E-state index is 13.1. The first-order valence-corrected chi connectivity index (χ1v) is 12.2. The molecule has 0 radical (unpaired) electrons. The number of benzene rings is 1. The van der Waals surface area contributed by atoms with Crippen LogP contribution < -0.4 is 33.2 Å². The molecule has 0 aliphatic heterocycles. The summed E-state index contributed by atoms with van der Waals surface area (Å²) in [5.41, 5.74) is 17.2. The van der Waals surface area contributed by atoms with Crippen LogP contribution in [0.1, 0.15) is 44.1 Å². The van der Waals surface area contributed by atoms with Crippen LogP contribution in [0, 0.1) is 0 Å². The molecular weight excluding hydrogens is 516 g/mol. The summed E-state index contributed by atoms with van der Waals surface area (Å²) in [6, 6.07) is 0.615. The number of rotatable bonds is 18. The van der Waals surface area contributed by atoms with Gasteiger partial charge in [0.1, 0.15) is 23.9 Å². The molecule has 4 unspecified atom stereocenters. The van der Waals surface area contributed by atoms with E-state index in [-0.39, 0.29) is 18.6 Å². The van der Waals surface area contributed by atoms with Gasteiger partial charge in [-0.15, -0.1) is 0 Å². The number of carbonyl (C=O) groups excluding carboxylic acids is 4. The highest BCUT2D eigenvalue weighted by Gasteiger charge is 2.31. The zero-order chi connectivity index (χ0) is 29.5. The third-order valence-corrected chi connectivity index (χ3v) is 5.61. The van der Waals surface area contributed by atoms with Gasteiger partial charge in [0.05, 0.1) is 12.5 Å². The maximum Gasteiger partial charge on any atom is 0.326 e. The van der Waals surface area contributed by atoms with E-state index in [2.05, 4.69) is 16.0 Å². The second-order valence-electron chi connectivity index (χ2n) is 8.89. The lowest BCUT2D eigenvalue weighted by molar-refractivity contribution is -0.144. The largest absolute Gasteiger partial charge is 0.508 e. The number of nitrogens with one attached hydrogen (secondary N) is 3. The summed E-state index contributed by atoms with van der Waals surface area (Å²) < 4.78 is 0. The predicted molar refractivity (Wildman–Crippen MR) is 137 cm³/mol. The number of primary amides is 1. The van der Waals surface area contributed by atoms with E-state index in [0.29, 0.717) is 24.9 Å². The summed E-state index contributed by atoms with van der Waals surface area (Å²) in [6.45, 7) is 0.322. The van der Waals surface area contributed by atoms with Crippen molar-refractivity contribution in [1.29, 1.82) is 0 Å². The Kier molecular flexibility index (Phi) is 13.9. The minimum atomic E-state index is -1.70. The molecule has 15 nitrogen and oxygen atoms in total. The van der Waals surface area contributed by atoms with Crippen LogP contribution in [0.5, 0.6) is 5.75 Å². The summed E-state index contributed by atoms with van der Waals surface area (Å²) in [4.78, 5) is 72.2. The Labute approximate surface area is 224 Å². The SMILES string of the molecule is NCCCCC(NC(=O)C(N)Cc1ccc(O)cc1)C(=O)NC(CCC(=O)O)C(=O)NC(CC(N)=O)C(=O)O. The van der Waals surface area contributed by atoms with Crippen molar-refractivity contribution in [2.45, 2.75) is 69.1 Å². The van der Waals surface area contributed by atoms with Crippen molar-refractivity contribution in [1.82, 2.24) is 16.0 Å². The fraction of sp³-hybridized carbons (Fsp3) is 0.500. The van der Waals surface area contributed by atoms with Gasteiger partial charge in [0.2, 0.25) is 23.6 Å². The molecule has 0 bridgehead atoms. The van der Waals surface area contributed by atoms with Gasteiger partial charge in [-0.2, -0.15) is 0 Å². The Bertz CT molecular complexity index is 1020. The van der Waals surface area contributed by atoms with Gasteiger partial charge in [-0.05, 0) is 56.3 Å². The maximum atomic E-state index is 13.1. The zero-order valence-corrected chi connectivity index (χ0v) is 21.3. The fourth-order valence-electron chi connectivity index (χ4n) is 3.50. The van der Waals surface area contributed by atoms with E-state index in [4.69, 9.17) is 22.3 Å². The molecule has 0 spiro atoms. The van der Waals surface area contributed by atoms with Crippen LogP contribution in [0.4, 0.5) is 0 Å². The minimum Gasteiger partial charge on any atom is -0.508 e. The first-order valence-electron chi connectivity index (χ1n) is 12.2. The molecule has 4 atom stereocenters. The molecule has 15 heteroatoms. The molecule has 1 rings (SSSR count). The van der Waals surface area contributed by atoms with E-state index in [1.807, 2.05) is 0 Å². The van der Waals surface area contributed by atoms with Crippen molar-refractivity contribution in [3.63, 3.8) is 0 Å². The number of hydrogen-bond donors (Lipinski definition) is 9. The van der Waals surface area contributed by atoms with Crippen LogP contribution in [0.15, 0.2) is 24.3 Å². The van der Waals surface area contributed by atoms with Gasteiger partial charge in [-0.25, -0.2) is 4.79 Å². The van der Waals surface area contributed by atoms with Gasteiger partial charge < -0.3 is 48.5 Å². The van der Waals surface area contributed by atoms with Crippen molar-refractivity contribution in [3.8, 4) is 5.75 Å². The van der Waals surface area contributed by atoms with Crippen molar-refractivity contribution in [3.05, 3.63) is 29.8 Å². The predicted octanol–water partition coefficient (Wildman–Crippen LogP) is -2.33. The number of hydrogen-bond acceptors (Lipinski definition) is 9. The van der Waals surface area contributed by atoms with Gasteiger partial charge >= 0.3 is 11.9 Å². The molecule has 39 heavy (non-hydrogen) atoms. The summed E-state index contributed by atoms with van der Waals surface area (Å²) >= 11 is 0. The number of carboxylic acid groups (broad SMARTS) is 2. The van der Waals surface area contributed by atoms with E-state index in [1.165, 1.54) is 12.1 Å². The van der Waals surface area contributed by atoms with Crippen LogP contribution in [-0.2, 0) is 35.2 Å². The summed E-state index contributed by atoms with van der Waals surface area (Å²) in [5.74, 6) is -6.34. The van der Waals surface area contributed by atoms with E-state index in [0.717, 1.165) is 0 Å². The van der Waals surface area contributed by atoms with Gasteiger partial charge in [-0.1, -0.05) is 12.1 Å². The highest BCUT2D eigenvalue weighted by atomic mass is 16.4. The number of amides is 4. The molecule has 0 saturated carbocycles. The van der Waals surface area contributed by atoms with Crippen LogP contribution in [0.3, 0.4) is 0 Å². The van der Waals surface area contributed by atoms with Crippen molar-refractivity contribution in [2.75, 3.05) is 6.54 Å². The molecular formula is C24H36N6O9. The quantitative estimate of drug-likeness (QED) is 0.0871. The summed E-state index contributed by atoms with van der Waals surface area (Å²) in [5, 5.41) is 34.6. The lowest BCUT2D eigenvalue weighted by Crippen LogP contribution is -2.57. The first-order chi connectivity index (χ1) is 18.3. The van der Waals surface area contributed by atoms with Crippen molar-refractivity contribution in [2.24, 2.45) is 17.2 Å². The molecule has 0 heterocycles. The average Bonchev–Trinajstić information content (AvgIpc) is 2.86. The normalized spacial score (nSPS) is 13.8. The number of phenols is 1. The standard InChI is InChI=1S/C24H36N6O9/c25-10-2-1-3-16(28-21(35)15(26)11-13-4-6-14(31)7-5-13)22(36)29-17(8-9-20(33)34)23(37)30-18(24(38)39)12-19(27)32/h4-7,15-18,31H,1-3,8-12,25-26H2,(H2,27,32)(H,28,35)(H,29,36)(H,30,37)(H,33,34)(H,38,39). The molecule has 1 aromatic carbocycles. The second-order valence-corrected chi connectivity index (χ2v) is 8.89. The van der Waals surface area contributed by atoms with Gasteiger partial charge in [-0.3, -0.25) is 24.0 Å². The molecule has 0 aliphatic carbocycles. The topological polar surface area (TPSA) is 277 Å². The number of phenolic OH excluding ortho intramolecular Hbond substituents is 1. The Morgan fingerprint density at radius 2 is 1.33 bits per heavy atom. The van der Waals surface area contributed by atoms with E-state index >= 15 is 0 Å². The van der Waals surface area contributed by atoms with Gasteiger partial charge in [0.15, 0.2) is 0 Å². The van der Waals surface area contributed by atoms with Gasteiger partial charge in [0, 0.05) is 6.42 Å². The monoisotopic (exact) mass is 552 g/mol. The average molecular weight is 553 g/mol. The van der Waals surface area contributed by atoms with Crippen LogP contribution in [0.25, 0.3) is 0 Å². The Morgan fingerprint density at radius 3 is 1.85 bits per heavy atom. The highest BCUT2D eigenvalue weighted by Crippen LogP contribution is 2.11. The lowest BCUT2D eigenvalue weighted by atomic mass is 10.0. The van der Waals surface area contributed by atoms with E-state index < -0.39 is 79.0 Å². The minimum absolute atomic E-state index is 0.0409. The molecule has 1 aromatic rings. The van der Waals surface area contributed by atoms with Crippen molar-refractivity contribution >= 4 is 35.6 Å². The third kappa shape index (κ3) is 12.7. The molecule has 12 N–H and O–H groups in total. The van der Waals surface area contributed by atoms with Gasteiger partial charge in [0.25, 0.3) is 0 Å². The van der Waals surface area contributed by atoms with Crippen LogP contribution in [0.2, 0.25) is 0 Å². The summed E-state index contributed by atoms with van der Waals surface area (Å²) in [6.07, 6.45) is -0.509. The molecule has 0 aromatic heterocycles. The molecule has 0 fully saturated rings. The number of unbranched alkanes of at least 4 members (excludes halogenated alkanes) is 1. The highest BCUT2D eigenvalue weighted by molar-refractivity contribution is 5.95. The third-order valence-electron chi connectivity index (χ3n) is 5.61. The zero-order valence-electron chi connectivity index (χ0n) is 21.3. The second kappa shape index (κ2) is 16.6. The number of nitrogens with two attached hydrogens (primary N) is 3. The van der Waals surface area contributed by atoms with Crippen LogP contribution in [-0.4, -0.2) is 81.6 Å². The van der Waals surface area contributed by atoms with Crippen molar-refractivity contribution < 1.29 is 44.1 Å². The number of aliphatic carboxylic acids is 2. The molecule has 0 saturated heterocycles. The van der Waals surface area contributed by atoms with E-state index in [9.17, 15) is 39.0 Å². The fourth-order valence-corrected chi connectivity index (χ4v) is 3.50. The van der Waals surface area contributed by atoms with E-state index in [1.54, 1.807) is 12.1 Å². The Morgan fingerprint density at radius 1 is 0.795 bits per heavy atom. The number of aromatic hydroxyl groups is 1. The Hall–Kier alpha value is -4.24. The number of carboxylic acids is 2.